The molecule has 1 rings (SSSR count). The summed E-state index contributed by atoms with van der Waals surface area (Å²) in [5.74, 6) is 0. The van der Waals surface area contributed by atoms with E-state index in [2.05, 4.69) is 26.1 Å². The number of aliphatic hydroxyl groups is 1. The molecule has 0 radical (unpaired) electrons. The van der Waals surface area contributed by atoms with E-state index in [-0.39, 0.29) is 23.7 Å². The molecular weight excluding hydrogens is 178 g/mol. The summed E-state index contributed by atoms with van der Waals surface area (Å²) < 4.78 is 5.53. The molecule has 1 aliphatic carbocycles. The molecule has 1 saturated carbocycles. The molecule has 2 N–H and O–H groups in total. The third-order valence-corrected chi connectivity index (χ3v) is 4.04. The maximum atomic E-state index is 8.97. The molecule has 3 heteroatoms. The van der Waals surface area contributed by atoms with Crippen molar-refractivity contribution in [1.82, 2.24) is 5.32 Å². The van der Waals surface area contributed by atoms with E-state index in [0.717, 1.165) is 6.42 Å². The number of methoxy groups -OCH3 is 1. The molecule has 0 spiro atoms. The van der Waals surface area contributed by atoms with Crippen molar-refractivity contribution in [3.05, 3.63) is 0 Å². The first-order valence-corrected chi connectivity index (χ1v) is 5.29. The number of hydrogen-bond acceptors (Lipinski definition) is 3. The Kier molecular flexibility index (Phi) is 3.24. The smallest absolute Gasteiger partial charge is 0.0731 e. The fourth-order valence-corrected chi connectivity index (χ4v) is 2.15. The van der Waals surface area contributed by atoms with Crippen molar-refractivity contribution >= 4 is 0 Å². The minimum absolute atomic E-state index is 0.0279. The third kappa shape index (κ3) is 1.69. The van der Waals surface area contributed by atoms with Crippen molar-refractivity contribution in [3.8, 4) is 0 Å². The second-order valence-electron chi connectivity index (χ2n) is 5.16. The Morgan fingerprint density at radius 3 is 2.43 bits per heavy atom. The largest absolute Gasteiger partial charge is 0.395 e. The van der Waals surface area contributed by atoms with Gasteiger partial charge in [-0.05, 0) is 20.3 Å². The van der Waals surface area contributed by atoms with Crippen molar-refractivity contribution in [2.24, 2.45) is 5.41 Å². The Morgan fingerprint density at radius 2 is 2.07 bits per heavy atom. The highest BCUT2D eigenvalue weighted by Gasteiger charge is 2.57. The quantitative estimate of drug-likeness (QED) is 0.717. The predicted octanol–water partition coefficient (Wildman–Crippen LogP) is 1.16. The zero-order valence-electron chi connectivity index (χ0n) is 9.92. The summed E-state index contributed by atoms with van der Waals surface area (Å²) >= 11 is 0. The van der Waals surface area contributed by atoms with Gasteiger partial charge in [-0.1, -0.05) is 13.8 Å². The first-order valence-electron chi connectivity index (χ1n) is 5.29. The molecule has 84 valence electrons. The van der Waals surface area contributed by atoms with E-state index in [1.165, 1.54) is 0 Å². The zero-order chi connectivity index (χ0) is 11.0. The minimum atomic E-state index is -0.0279. The summed E-state index contributed by atoms with van der Waals surface area (Å²) in [6.45, 7) is 8.76. The summed E-state index contributed by atoms with van der Waals surface area (Å²) in [4.78, 5) is 0. The van der Waals surface area contributed by atoms with Crippen molar-refractivity contribution < 1.29 is 9.84 Å². The van der Waals surface area contributed by atoms with Crippen LogP contribution in [0.2, 0.25) is 0 Å². The summed E-state index contributed by atoms with van der Waals surface area (Å²) in [6, 6.07) is 0.607. The molecule has 0 saturated heterocycles. The topological polar surface area (TPSA) is 41.5 Å². The number of rotatable bonds is 4. The standard InChI is InChI=1S/C11H23NO2/c1-8(7-13)12-9-6-11(4,14-5)10(9,2)3/h8-9,12-13H,6-7H2,1-5H3. The van der Waals surface area contributed by atoms with Gasteiger partial charge in [0.1, 0.15) is 0 Å². The molecule has 1 fully saturated rings. The molecule has 1 aliphatic rings. The molecule has 0 aromatic heterocycles. The number of aliphatic hydroxyl groups excluding tert-OH is 1. The second-order valence-corrected chi connectivity index (χ2v) is 5.16. The van der Waals surface area contributed by atoms with Gasteiger partial charge >= 0.3 is 0 Å². The van der Waals surface area contributed by atoms with Gasteiger partial charge in [0.05, 0.1) is 12.2 Å². The van der Waals surface area contributed by atoms with Crippen LogP contribution in [0.3, 0.4) is 0 Å². The molecule has 0 aromatic rings. The number of hydrogen-bond donors (Lipinski definition) is 2. The van der Waals surface area contributed by atoms with Gasteiger partial charge in [-0.15, -0.1) is 0 Å². The van der Waals surface area contributed by atoms with Crippen LogP contribution in [0.5, 0.6) is 0 Å². The molecular formula is C11H23NO2. The lowest BCUT2D eigenvalue weighted by Gasteiger charge is -2.59. The Balaban J connectivity index is 2.55. The Morgan fingerprint density at radius 1 is 1.50 bits per heavy atom. The van der Waals surface area contributed by atoms with E-state index in [0.29, 0.717) is 6.04 Å². The average molecular weight is 201 g/mol. The van der Waals surface area contributed by atoms with Gasteiger partial charge in [0.25, 0.3) is 0 Å². The summed E-state index contributed by atoms with van der Waals surface area (Å²) in [6.07, 6.45) is 1.01. The lowest BCUT2D eigenvalue weighted by atomic mass is 9.55. The normalized spacial score (nSPS) is 37.7. The zero-order valence-corrected chi connectivity index (χ0v) is 9.92. The van der Waals surface area contributed by atoms with Gasteiger partial charge in [0, 0.05) is 24.6 Å². The molecule has 0 bridgehead atoms. The number of ether oxygens (including phenoxy) is 1. The van der Waals surface area contributed by atoms with Crippen molar-refractivity contribution in [1.29, 1.82) is 0 Å². The average Bonchev–Trinajstić information content (AvgIpc) is 2.16. The summed E-state index contributed by atoms with van der Waals surface area (Å²) in [5.41, 5.74) is 0.102. The fraction of sp³-hybridized carbons (Fsp3) is 1.00. The molecule has 0 heterocycles. The van der Waals surface area contributed by atoms with Gasteiger partial charge in [-0.2, -0.15) is 0 Å². The highest BCUT2D eigenvalue weighted by Crippen LogP contribution is 2.51. The predicted molar refractivity (Wildman–Crippen MR) is 57.3 cm³/mol. The molecule has 3 unspecified atom stereocenters. The van der Waals surface area contributed by atoms with Gasteiger partial charge < -0.3 is 15.2 Å². The highest BCUT2D eigenvalue weighted by molar-refractivity contribution is 5.11. The van der Waals surface area contributed by atoms with Gasteiger partial charge in [-0.3, -0.25) is 0 Å². The lowest BCUT2D eigenvalue weighted by Crippen LogP contribution is -2.69. The first kappa shape index (κ1) is 12.0. The third-order valence-electron chi connectivity index (χ3n) is 4.04. The van der Waals surface area contributed by atoms with Crippen LogP contribution in [-0.4, -0.2) is 36.5 Å². The molecule has 3 nitrogen and oxygen atoms in total. The van der Waals surface area contributed by atoms with Crippen LogP contribution in [0.4, 0.5) is 0 Å². The fourth-order valence-electron chi connectivity index (χ4n) is 2.15. The molecule has 0 amide bonds. The van der Waals surface area contributed by atoms with Crippen LogP contribution >= 0.6 is 0 Å². The number of nitrogens with one attached hydrogen (secondary N) is 1. The maximum Gasteiger partial charge on any atom is 0.0731 e. The molecule has 14 heavy (non-hydrogen) atoms. The maximum absolute atomic E-state index is 8.97. The van der Waals surface area contributed by atoms with Crippen LogP contribution in [-0.2, 0) is 4.74 Å². The van der Waals surface area contributed by atoms with E-state index in [1.807, 2.05) is 6.92 Å². The highest BCUT2D eigenvalue weighted by atomic mass is 16.5. The van der Waals surface area contributed by atoms with Gasteiger partial charge in [0.2, 0.25) is 0 Å². The van der Waals surface area contributed by atoms with Crippen LogP contribution in [0.15, 0.2) is 0 Å². The van der Waals surface area contributed by atoms with Crippen LogP contribution in [0, 0.1) is 5.41 Å². The van der Waals surface area contributed by atoms with E-state index >= 15 is 0 Å². The Bertz CT molecular complexity index is 203. The molecule has 0 aliphatic heterocycles. The molecule has 3 atom stereocenters. The SMILES string of the molecule is COC1(C)CC(NC(C)CO)C1(C)C. The Hall–Kier alpha value is -0.120. The van der Waals surface area contributed by atoms with Crippen LogP contribution in [0.25, 0.3) is 0 Å². The van der Waals surface area contributed by atoms with Crippen molar-refractivity contribution in [2.45, 2.75) is 51.8 Å². The van der Waals surface area contributed by atoms with Crippen molar-refractivity contribution in [2.75, 3.05) is 13.7 Å². The van der Waals surface area contributed by atoms with Crippen LogP contribution in [0.1, 0.15) is 34.1 Å². The second kappa shape index (κ2) is 3.80. The van der Waals surface area contributed by atoms with E-state index in [9.17, 15) is 0 Å². The van der Waals surface area contributed by atoms with Gasteiger partial charge in [0.15, 0.2) is 0 Å². The summed E-state index contributed by atoms with van der Waals surface area (Å²) in [5, 5.41) is 12.4. The summed E-state index contributed by atoms with van der Waals surface area (Å²) in [7, 11) is 1.77. The van der Waals surface area contributed by atoms with Crippen molar-refractivity contribution in [3.63, 3.8) is 0 Å². The minimum Gasteiger partial charge on any atom is -0.395 e. The van der Waals surface area contributed by atoms with Gasteiger partial charge in [-0.25, -0.2) is 0 Å². The van der Waals surface area contributed by atoms with Crippen LogP contribution < -0.4 is 5.32 Å². The van der Waals surface area contributed by atoms with E-state index in [4.69, 9.17) is 9.84 Å². The first-order chi connectivity index (χ1) is 6.37. The lowest BCUT2D eigenvalue weighted by molar-refractivity contribution is -0.182. The van der Waals surface area contributed by atoms with E-state index in [1.54, 1.807) is 7.11 Å². The Labute approximate surface area is 86.8 Å². The molecule has 0 aromatic carbocycles. The van der Waals surface area contributed by atoms with E-state index < -0.39 is 0 Å². The monoisotopic (exact) mass is 201 g/mol.